The lowest BCUT2D eigenvalue weighted by atomic mass is 9.86. The van der Waals surface area contributed by atoms with Crippen molar-refractivity contribution in [3.8, 4) is 6.07 Å². The largest absolute Gasteiger partial charge is 0.393 e. The summed E-state index contributed by atoms with van der Waals surface area (Å²) in [4.78, 5) is 16.7. The van der Waals surface area contributed by atoms with Gasteiger partial charge in [-0.2, -0.15) is 22.7 Å². The predicted octanol–water partition coefficient (Wildman–Crippen LogP) is 5.00. The monoisotopic (exact) mass is 714 g/mol. The number of aryl methyl sites for hydroxylation is 1. The van der Waals surface area contributed by atoms with Crippen LogP contribution >= 0.6 is 11.3 Å². The highest BCUT2D eigenvalue weighted by molar-refractivity contribution is 7.88. The Morgan fingerprint density at radius 3 is 2.51 bits per heavy atom. The van der Waals surface area contributed by atoms with Crippen molar-refractivity contribution in [1.82, 2.24) is 28.6 Å². The van der Waals surface area contributed by atoms with Gasteiger partial charge in [0.2, 0.25) is 10.0 Å². The standard InChI is InChI=1S/C34H41F3N8O2S2/c1-23(42-10-12-44(13-11-42)49(3,46)47)18-45-26(17-38)14-28-24(2)25(4-5-30(28)45)19-41-8-6-33(20-41)7-9-43(21-33)31-29-15-27(16-34(35,36)37)48-32(29)40-22-39-31/h4-5,14-15,22-23H,6-13,16,18-21H2,1-3H3/t23-,33?/m0/s1. The molecule has 3 aliphatic heterocycles. The smallest absolute Gasteiger partial charge is 0.355 e. The third-order valence-electron chi connectivity index (χ3n) is 10.8. The highest BCUT2D eigenvalue weighted by Crippen LogP contribution is 2.43. The van der Waals surface area contributed by atoms with E-state index in [1.54, 1.807) is 6.07 Å². The van der Waals surface area contributed by atoms with Crippen molar-refractivity contribution < 1.29 is 21.6 Å². The highest BCUT2D eigenvalue weighted by Gasteiger charge is 2.44. The van der Waals surface area contributed by atoms with Gasteiger partial charge in [0.15, 0.2) is 0 Å². The Balaban J connectivity index is 1.02. The van der Waals surface area contributed by atoms with Gasteiger partial charge < -0.3 is 9.47 Å². The summed E-state index contributed by atoms with van der Waals surface area (Å²) < 4.78 is 66.8. The van der Waals surface area contributed by atoms with Gasteiger partial charge in [0.1, 0.15) is 28.7 Å². The number of hydrogen-bond acceptors (Lipinski definition) is 9. The molecule has 3 aliphatic rings. The average molecular weight is 715 g/mol. The number of likely N-dealkylation sites (tertiary alicyclic amines) is 1. The van der Waals surface area contributed by atoms with Gasteiger partial charge in [0.05, 0.1) is 18.1 Å². The minimum absolute atomic E-state index is 0.0976. The Bertz CT molecular complexity index is 2030. The second-order valence-electron chi connectivity index (χ2n) is 14.1. The lowest BCUT2D eigenvalue weighted by Crippen LogP contribution is -2.51. The van der Waals surface area contributed by atoms with Crippen LogP contribution in [0, 0.1) is 23.7 Å². The number of aromatic nitrogens is 3. The van der Waals surface area contributed by atoms with Crippen molar-refractivity contribution in [3.05, 3.63) is 52.3 Å². The maximum Gasteiger partial charge on any atom is 0.393 e. The van der Waals surface area contributed by atoms with E-state index in [0.29, 0.717) is 48.6 Å². The Morgan fingerprint density at radius 1 is 1.04 bits per heavy atom. The number of anilines is 1. The number of rotatable bonds is 8. The maximum absolute atomic E-state index is 13.1. The van der Waals surface area contributed by atoms with Crippen LogP contribution < -0.4 is 4.90 Å². The van der Waals surface area contributed by atoms with Crippen LogP contribution in [0.15, 0.2) is 30.6 Å². The molecular weight excluding hydrogens is 674 g/mol. The molecule has 0 radical (unpaired) electrons. The summed E-state index contributed by atoms with van der Waals surface area (Å²) in [7, 11) is -3.19. The van der Waals surface area contributed by atoms with Crippen LogP contribution in [-0.4, -0.2) is 108 Å². The first-order valence-corrected chi connectivity index (χ1v) is 19.4. The third kappa shape index (κ3) is 6.90. The van der Waals surface area contributed by atoms with Gasteiger partial charge in [-0.1, -0.05) is 6.07 Å². The molecule has 3 fully saturated rings. The van der Waals surface area contributed by atoms with Gasteiger partial charge in [-0.05, 0) is 62.6 Å². The van der Waals surface area contributed by atoms with Gasteiger partial charge in [-0.25, -0.2) is 18.4 Å². The van der Waals surface area contributed by atoms with Gasteiger partial charge >= 0.3 is 6.18 Å². The number of sulfonamides is 1. The maximum atomic E-state index is 13.1. The zero-order chi connectivity index (χ0) is 34.7. The first-order valence-electron chi connectivity index (χ1n) is 16.7. The van der Waals surface area contributed by atoms with Crippen LogP contribution in [0.3, 0.4) is 0 Å². The van der Waals surface area contributed by atoms with Crippen LogP contribution in [0.1, 0.15) is 41.5 Å². The van der Waals surface area contributed by atoms with Gasteiger partial charge in [-0.3, -0.25) is 9.80 Å². The van der Waals surface area contributed by atoms with Crippen molar-refractivity contribution >= 4 is 48.3 Å². The number of halogens is 3. The number of benzene rings is 1. The van der Waals surface area contributed by atoms with Crippen molar-refractivity contribution in [2.75, 3.05) is 63.5 Å². The molecule has 1 aromatic carbocycles. The van der Waals surface area contributed by atoms with Crippen molar-refractivity contribution in [2.45, 2.75) is 58.4 Å². The molecule has 10 nitrogen and oxygen atoms in total. The van der Waals surface area contributed by atoms with E-state index in [-0.39, 0.29) is 16.3 Å². The van der Waals surface area contributed by atoms with E-state index in [9.17, 15) is 26.9 Å². The molecule has 1 spiro atoms. The lowest BCUT2D eigenvalue weighted by Gasteiger charge is -2.37. The van der Waals surface area contributed by atoms with E-state index < -0.39 is 22.6 Å². The Morgan fingerprint density at radius 2 is 1.80 bits per heavy atom. The van der Waals surface area contributed by atoms with Crippen LogP contribution in [0.4, 0.5) is 19.0 Å². The fourth-order valence-electron chi connectivity index (χ4n) is 8.12. The van der Waals surface area contributed by atoms with E-state index >= 15 is 0 Å². The van der Waals surface area contributed by atoms with Crippen molar-refractivity contribution in [3.63, 3.8) is 0 Å². The number of nitrogens with zero attached hydrogens (tertiary/aromatic N) is 8. The van der Waals surface area contributed by atoms with Gasteiger partial charge in [0.25, 0.3) is 0 Å². The Kier molecular flexibility index (Phi) is 8.92. The molecule has 0 bridgehead atoms. The number of thiophene rings is 1. The second-order valence-corrected chi connectivity index (χ2v) is 17.2. The molecule has 4 aromatic rings. The summed E-state index contributed by atoms with van der Waals surface area (Å²) >= 11 is 1.09. The molecule has 15 heteroatoms. The second kappa shape index (κ2) is 12.8. The number of fused-ring (bicyclic) bond motifs is 2. The van der Waals surface area contributed by atoms with E-state index in [1.165, 1.54) is 28.0 Å². The molecule has 49 heavy (non-hydrogen) atoms. The molecule has 3 saturated heterocycles. The number of alkyl halides is 3. The SMILES string of the molecule is Cc1c(CN2CCC3(CCN(c4ncnc5sc(CC(F)(F)F)cc45)C3)C2)ccc2c1cc(C#N)n2C[C@H](C)N1CCN(S(C)(=O)=O)CC1. The molecule has 0 N–H and O–H groups in total. The normalized spacial score (nSPS) is 22.2. The fraction of sp³-hybridized carbons (Fsp3) is 0.559. The average Bonchev–Trinajstić information content (AvgIpc) is 3.83. The first kappa shape index (κ1) is 34.2. The molecule has 262 valence electrons. The van der Waals surface area contributed by atoms with Crippen LogP contribution in [0.5, 0.6) is 0 Å². The van der Waals surface area contributed by atoms with E-state index in [4.69, 9.17) is 0 Å². The molecule has 0 aliphatic carbocycles. The summed E-state index contributed by atoms with van der Waals surface area (Å²) in [6.45, 7) is 11.5. The minimum atomic E-state index is -4.26. The van der Waals surface area contributed by atoms with E-state index in [0.717, 1.165) is 73.6 Å². The zero-order valence-corrected chi connectivity index (χ0v) is 29.6. The quantitative estimate of drug-likeness (QED) is 0.252. The van der Waals surface area contributed by atoms with Crippen LogP contribution in [-0.2, 0) is 29.5 Å². The van der Waals surface area contributed by atoms with Crippen molar-refractivity contribution in [1.29, 1.82) is 5.26 Å². The summed E-state index contributed by atoms with van der Waals surface area (Å²) in [6, 6.07) is 10.5. The Hall–Kier alpha value is -3.29. The van der Waals surface area contributed by atoms with E-state index in [1.807, 2.05) is 6.07 Å². The number of nitriles is 1. The summed E-state index contributed by atoms with van der Waals surface area (Å²) in [6.07, 6.45) is -0.444. The summed E-state index contributed by atoms with van der Waals surface area (Å²) in [5, 5.41) is 11.8. The summed E-state index contributed by atoms with van der Waals surface area (Å²) in [5.74, 6) is 0.731. The molecular formula is C34H41F3N8O2S2. The zero-order valence-electron chi connectivity index (χ0n) is 28.0. The molecule has 2 atom stereocenters. The topological polar surface area (TPSA) is 102 Å². The van der Waals surface area contributed by atoms with E-state index in [2.05, 4.69) is 61.3 Å². The third-order valence-corrected chi connectivity index (χ3v) is 13.1. The van der Waals surface area contributed by atoms with Gasteiger partial charge in [-0.15, -0.1) is 11.3 Å². The predicted molar refractivity (Wildman–Crippen MR) is 185 cm³/mol. The van der Waals surface area contributed by atoms with Crippen molar-refractivity contribution in [2.24, 2.45) is 5.41 Å². The van der Waals surface area contributed by atoms with Crippen LogP contribution in [0.25, 0.3) is 21.1 Å². The molecule has 1 unspecified atom stereocenters. The molecule has 0 saturated carbocycles. The minimum Gasteiger partial charge on any atom is -0.355 e. The fourth-order valence-corrected chi connectivity index (χ4v) is 9.97. The van der Waals surface area contributed by atoms with Gasteiger partial charge in [0, 0.05) is 86.1 Å². The molecule has 0 amide bonds. The number of piperazine rings is 1. The highest BCUT2D eigenvalue weighted by atomic mass is 32.2. The molecule has 7 rings (SSSR count). The Labute approximate surface area is 288 Å². The first-order chi connectivity index (χ1) is 23.2. The number of hydrogen-bond donors (Lipinski definition) is 0. The molecule has 3 aromatic heterocycles. The lowest BCUT2D eigenvalue weighted by molar-refractivity contribution is -0.126. The summed E-state index contributed by atoms with van der Waals surface area (Å²) in [5.41, 5.74) is 4.16. The van der Waals surface area contributed by atoms with Crippen LogP contribution in [0.2, 0.25) is 0 Å². The molecule has 6 heterocycles.